The zero-order valence-electron chi connectivity index (χ0n) is 14.6. The summed E-state index contributed by atoms with van der Waals surface area (Å²) in [5.74, 6) is 1.55. The molecule has 0 aliphatic carbocycles. The van der Waals surface area contributed by atoms with Crippen LogP contribution in [0.3, 0.4) is 0 Å². The molecule has 1 aromatic carbocycles. The Morgan fingerprint density at radius 2 is 2.00 bits per heavy atom. The molecule has 0 aliphatic rings. The van der Waals surface area contributed by atoms with E-state index in [4.69, 9.17) is 4.74 Å². The van der Waals surface area contributed by atoms with Crippen LogP contribution in [0.1, 0.15) is 29.8 Å². The minimum atomic E-state index is -0.234. The summed E-state index contributed by atoms with van der Waals surface area (Å²) in [5, 5.41) is 4.35. The van der Waals surface area contributed by atoms with Crippen molar-refractivity contribution in [3.63, 3.8) is 0 Å². The van der Waals surface area contributed by atoms with E-state index in [1.54, 1.807) is 10.7 Å². The van der Waals surface area contributed by atoms with Gasteiger partial charge in [-0.2, -0.15) is 14.5 Å². The lowest BCUT2D eigenvalue weighted by Crippen LogP contribution is -2.10. The van der Waals surface area contributed by atoms with E-state index in [1.807, 2.05) is 39.0 Å². The van der Waals surface area contributed by atoms with Crippen molar-refractivity contribution in [2.75, 3.05) is 7.11 Å². The van der Waals surface area contributed by atoms with Gasteiger partial charge in [-0.05, 0) is 50.1 Å². The Kier molecular flexibility index (Phi) is 4.90. The second-order valence-corrected chi connectivity index (χ2v) is 5.66. The van der Waals surface area contributed by atoms with Crippen molar-refractivity contribution in [3.05, 3.63) is 47.3 Å². The number of hydroxylamine groups is 1. The fraction of sp³-hybridized carbons (Fsp3) is 0.294. The van der Waals surface area contributed by atoms with Crippen LogP contribution in [-0.2, 0) is 4.84 Å². The van der Waals surface area contributed by atoms with E-state index in [1.165, 1.54) is 13.4 Å². The van der Waals surface area contributed by atoms with Gasteiger partial charge in [0.2, 0.25) is 0 Å². The normalized spacial score (nSPS) is 12.6. The molecule has 0 spiro atoms. The monoisotopic (exact) mass is 340 g/mol. The van der Waals surface area contributed by atoms with Crippen molar-refractivity contribution in [3.8, 4) is 5.75 Å². The maximum absolute atomic E-state index is 6.09. The number of rotatable bonds is 6. The van der Waals surface area contributed by atoms with E-state index >= 15 is 0 Å². The van der Waals surface area contributed by atoms with Gasteiger partial charge < -0.3 is 4.74 Å². The number of nitrogens with one attached hydrogen (secondary N) is 1. The standard InChI is InChI=1S/C17H20N6O2/c1-11-7-12(2)9-14(8-11)25-13(3)15-5-6-18-17-21-16(22-23(15)17)19-10-20-24-4/h5-10,13H,1-4H3,(H,19,20,22)/t13-/m0/s1. The summed E-state index contributed by atoms with van der Waals surface area (Å²) in [5.41, 5.74) is 5.64. The first kappa shape index (κ1) is 16.8. The summed E-state index contributed by atoms with van der Waals surface area (Å²) in [4.78, 5) is 17.2. The van der Waals surface area contributed by atoms with Crippen molar-refractivity contribution in [2.45, 2.75) is 26.9 Å². The van der Waals surface area contributed by atoms with Crippen LogP contribution < -0.4 is 10.2 Å². The lowest BCUT2D eigenvalue weighted by atomic mass is 10.1. The topological polar surface area (TPSA) is 85.9 Å². The van der Waals surface area contributed by atoms with Crippen LogP contribution in [0.2, 0.25) is 0 Å². The Hall–Kier alpha value is -3.00. The highest BCUT2D eigenvalue weighted by molar-refractivity contribution is 5.57. The van der Waals surface area contributed by atoms with Gasteiger partial charge in [0.1, 0.15) is 18.2 Å². The third-order valence-electron chi connectivity index (χ3n) is 3.53. The molecule has 0 unspecified atom stereocenters. The van der Waals surface area contributed by atoms with E-state index < -0.39 is 0 Å². The Balaban J connectivity index is 1.89. The van der Waals surface area contributed by atoms with Crippen LogP contribution in [0.5, 0.6) is 5.75 Å². The molecule has 0 fully saturated rings. The minimum Gasteiger partial charge on any atom is -0.484 e. The summed E-state index contributed by atoms with van der Waals surface area (Å²) in [7, 11) is 1.49. The van der Waals surface area contributed by atoms with E-state index in [0.29, 0.717) is 5.78 Å². The number of hydrogen-bond donors (Lipinski definition) is 1. The molecule has 0 saturated carbocycles. The number of fused-ring (bicyclic) bond motifs is 1. The van der Waals surface area contributed by atoms with Crippen LogP contribution in [-0.4, -0.2) is 33.0 Å². The fourth-order valence-corrected chi connectivity index (χ4v) is 2.57. The van der Waals surface area contributed by atoms with Crippen molar-refractivity contribution < 1.29 is 9.57 Å². The molecule has 8 nitrogen and oxygen atoms in total. The largest absolute Gasteiger partial charge is 0.484 e. The third kappa shape index (κ3) is 3.92. The first-order valence-corrected chi connectivity index (χ1v) is 7.84. The van der Waals surface area contributed by atoms with Crippen LogP contribution in [0.4, 0.5) is 5.95 Å². The van der Waals surface area contributed by atoms with Crippen LogP contribution in [0.15, 0.2) is 35.5 Å². The van der Waals surface area contributed by atoms with Crippen molar-refractivity contribution in [1.82, 2.24) is 25.1 Å². The summed E-state index contributed by atoms with van der Waals surface area (Å²) < 4.78 is 7.72. The van der Waals surface area contributed by atoms with Gasteiger partial charge in [-0.25, -0.2) is 4.98 Å². The smallest absolute Gasteiger partial charge is 0.272 e. The van der Waals surface area contributed by atoms with E-state index in [9.17, 15) is 0 Å². The molecular weight excluding hydrogens is 320 g/mol. The maximum atomic E-state index is 6.09. The molecule has 1 atom stereocenters. The Labute approximate surface area is 145 Å². The quantitative estimate of drug-likeness (QED) is 0.422. The van der Waals surface area contributed by atoms with Gasteiger partial charge in [0.05, 0.1) is 12.8 Å². The van der Waals surface area contributed by atoms with Crippen molar-refractivity contribution in [2.24, 2.45) is 4.99 Å². The van der Waals surface area contributed by atoms with Crippen LogP contribution in [0.25, 0.3) is 5.78 Å². The molecule has 0 radical (unpaired) electrons. The zero-order valence-corrected chi connectivity index (χ0v) is 14.6. The predicted octanol–water partition coefficient (Wildman–Crippen LogP) is 2.69. The number of benzene rings is 1. The Morgan fingerprint density at radius 1 is 1.24 bits per heavy atom. The molecule has 2 aromatic heterocycles. The average molecular weight is 340 g/mol. The van der Waals surface area contributed by atoms with Gasteiger partial charge in [-0.3, -0.25) is 10.3 Å². The van der Waals surface area contributed by atoms with Crippen molar-refractivity contribution in [1.29, 1.82) is 0 Å². The molecule has 0 bridgehead atoms. The number of ether oxygens (including phenoxy) is 1. The Bertz CT molecular complexity index is 885. The number of hydrogen-bond acceptors (Lipinski definition) is 6. The molecule has 25 heavy (non-hydrogen) atoms. The van der Waals surface area contributed by atoms with E-state index in [2.05, 4.69) is 36.4 Å². The van der Waals surface area contributed by atoms with Gasteiger partial charge >= 0.3 is 0 Å². The van der Waals surface area contributed by atoms with Gasteiger partial charge in [0.25, 0.3) is 11.7 Å². The first-order chi connectivity index (χ1) is 12.1. The lowest BCUT2D eigenvalue weighted by Gasteiger charge is -2.16. The number of aliphatic imine (C=N–C) groups is 1. The molecule has 0 amide bonds. The van der Waals surface area contributed by atoms with Gasteiger partial charge in [-0.15, -0.1) is 5.10 Å². The summed E-state index contributed by atoms with van der Waals surface area (Å²) in [6, 6.07) is 7.98. The summed E-state index contributed by atoms with van der Waals surface area (Å²) >= 11 is 0. The van der Waals surface area contributed by atoms with Gasteiger partial charge in [0.15, 0.2) is 0 Å². The van der Waals surface area contributed by atoms with E-state index in [0.717, 1.165) is 22.6 Å². The second-order valence-electron chi connectivity index (χ2n) is 5.66. The molecule has 2 heterocycles. The molecular formula is C17H20N6O2. The molecule has 3 rings (SSSR count). The minimum absolute atomic E-state index is 0.234. The molecule has 0 saturated heterocycles. The molecule has 1 N–H and O–H groups in total. The number of nitrogens with zero attached hydrogens (tertiary/aromatic N) is 5. The van der Waals surface area contributed by atoms with Gasteiger partial charge in [0, 0.05) is 6.20 Å². The second kappa shape index (κ2) is 7.27. The summed E-state index contributed by atoms with van der Waals surface area (Å²) in [6.45, 7) is 6.05. The zero-order chi connectivity index (χ0) is 17.8. The highest BCUT2D eigenvalue weighted by atomic mass is 16.6. The molecule has 8 heteroatoms. The number of aryl methyl sites for hydroxylation is 2. The van der Waals surface area contributed by atoms with E-state index in [-0.39, 0.29) is 12.1 Å². The van der Waals surface area contributed by atoms with Crippen molar-refractivity contribution >= 4 is 18.1 Å². The molecule has 3 aromatic rings. The predicted molar refractivity (Wildman–Crippen MR) is 94.0 cm³/mol. The molecule has 130 valence electrons. The molecule has 0 aliphatic heterocycles. The summed E-state index contributed by atoms with van der Waals surface area (Å²) in [6.07, 6.45) is 2.81. The maximum Gasteiger partial charge on any atom is 0.272 e. The SMILES string of the molecule is CONC=Nc1nc2nccc([C@H](C)Oc3cc(C)cc(C)c3)n2n1. The van der Waals surface area contributed by atoms with Crippen LogP contribution in [0, 0.1) is 13.8 Å². The number of aromatic nitrogens is 4. The Morgan fingerprint density at radius 3 is 2.72 bits per heavy atom. The fourth-order valence-electron chi connectivity index (χ4n) is 2.57. The average Bonchev–Trinajstić information content (AvgIpc) is 2.96. The first-order valence-electron chi connectivity index (χ1n) is 7.84. The lowest BCUT2D eigenvalue weighted by molar-refractivity contribution is 0.148. The highest BCUT2D eigenvalue weighted by Crippen LogP contribution is 2.24. The van der Waals surface area contributed by atoms with Crippen LogP contribution >= 0.6 is 0 Å². The third-order valence-corrected chi connectivity index (χ3v) is 3.53. The van der Waals surface area contributed by atoms with Gasteiger partial charge in [-0.1, -0.05) is 6.07 Å². The highest BCUT2D eigenvalue weighted by Gasteiger charge is 2.15.